The van der Waals surface area contributed by atoms with Crippen molar-refractivity contribution in [2.75, 3.05) is 32.7 Å². The standard InChI is InChI=1S/C18H22N2O2S/c21-16-5-3-15(4-6-16)14-18(22)20-11-9-19(10-12-20)8-7-17-2-1-13-23-17/h1-6,13,21H,7-12,14H2. The molecule has 3 rings (SSSR count). The van der Waals surface area contributed by atoms with Gasteiger partial charge in [-0.15, -0.1) is 11.3 Å². The molecular formula is C18H22N2O2S. The van der Waals surface area contributed by atoms with Crippen molar-refractivity contribution in [3.63, 3.8) is 0 Å². The van der Waals surface area contributed by atoms with Crippen molar-refractivity contribution in [3.8, 4) is 5.75 Å². The topological polar surface area (TPSA) is 43.8 Å². The van der Waals surface area contributed by atoms with Crippen molar-refractivity contribution in [2.45, 2.75) is 12.8 Å². The molecule has 23 heavy (non-hydrogen) atoms. The van der Waals surface area contributed by atoms with Crippen LogP contribution in [0.15, 0.2) is 41.8 Å². The summed E-state index contributed by atoms with van der Waals surface area (Å²) in [5, 5.41) is 11.4. The van der Waals surface area contributed by atoms with Crippen LogP contribution in [0.25, 0.3) is 0 Å². The van der Waals surface area contributed by atoms with E-state index < -0.39 is 0 Å². The molecule has 122 valence electrons. The molecule has 4 nitrogen and oxygen atoms in total. The van der Waals surface area contributed by atoms with Gasteiger partial charge in [0.25, 0.3) is 0 Å². The molecule has 0 saturated carbocycles. The van der Waals surface area contributed by atoms with Crippen LogP contribution in [0, 0.1) is 0 Å². The van der Waals surface area contributed by atoms with Gasteiger partial charge in [-0.1, -0.05) is 18.2 Å². The molecule has 5 heteroatoms. The molecule has 1 amide bonds. The van der Waals surface area contributed by atoms with Gasteiger partial charge in [-0.3, -0.25) is 9.69 Å². The summed E-state index contributed by atoms with van der Waals surface area (Å²) in [6, 6.07) is 11.2. The number of phenols is 1. The van der Waals surface area contributed by atoms with Gasteiger partial charge in [-0.05, 0) is 35.6 Å². The maximum absolute atomic E-state index is 12.4. The first-order valence-corrected chi connectivity index (χ1v) is 8.89. The SMILES string of the molecule is O=C(Cc1ccc(O)cc1)N1CCN(CCc2cccs2)CC1. The van der Waals surface area contributed by atoms with Gasteiger partial charge in [0.2, 0.25) is 5.91 Å². The first-order valence-electron chi connectivity index (χ1n) is 8.01. The summed E-state index contributed by atoms with van der Waals surface area (Å²) in [5.74, 6) is 0.411. The molecule has 1 saturated heterocycles. The van der Waals surface area contributed by atoms with Crippen molar-refractivity contribution in [1.29, 1.82) is 0 Å². The Bertz CT molecular complexity index is 617. The van der Waals surface area contributed by atoms with E-state index in [2.05, 4.69) is 22.4 Å². The van der Waals surface area contributed by atoms with Crippen LogP contribution in [0.1, 0.15) is 10.4 Å². The van der Waals surface area contributed by atoms with Crippen LogP contribution >= 0.6 is 11.3 Å². The number of hydrogen-bond donors (Lipinski definition) is 1. The monoisotopic (exact) mass is 330 g/mol. The fourth-order valence-electron chi connectivity index (χ4n) is 2.84. The van der Waals surface area contributed by atoms with Crippen LogP contribution in [0.2, 0.25) is 0 Å². The Morgan fingerprint density at radius 1 is 1.09 bits per heavy atom. The second-order valence-electron chi connectivity index (χ2n) is 5.90. The summed E-state index contributed by atoms with van der Waals surface area (Å²) in [7, 11) is 0. The third-order valence-corrected chi connectivity index (χ3v) is 5.21. The lowest BCUT2D eigenvalue weighted by Crippen LogP contribution is -2.49. The minimum atomic E-state index is 0.175. The Hall–Kier alpha value is -1.85. The van der Waals surface area contributed by atoms with Gasteiger partial charge < -0.3 is 10.0 Å². The van der Waals surface area contributed by atoms with Gasteiger partial charge >= 0.3 is 0 Å². The third kappa shape index (κ3) is 4.56. The van der Waals surface area contributed by atoms with Gasteiger partial charge in [0, 0.05) is 37.6 Å². The molecule has 1 aliphatic heterocycles. The normalized spacial score (nSPS) is 15.7. The number of aromatic hydroxyl groups is 1. The number of rotatable bonds is 5. The maximum atomic E-state index is 12.4. The molecule has 0 atom stereocenters. The van der Waals surface area contributed by atoms with Crippen LogP contribution in [0.4, 0.5) is 0 Å². The Balaban J connectivity index is 1.42. The molecule has 0 radical (unpaired) electrons. The lowest BCUT2D eigenvalue weighted by Gasteiger charge is -2.34. The Labute approximate surface area is 141 Å². The Morgan fingerprint density at radius 2 is 1.83 bits per heavy atom. The fourth-order valence-corrected chi connectivity index (χ4v) is 3.54. The minimum Gasteiger partial charge on any atom is -0.508 e. The highest BCUT2D eigenvalue weighted by atomic mass is 32.1. The van der Waals surface area contributed by atoms with Crippen LogP contribution in [0.5, 0.6) is 5.75 Å². The molecule has 2 aromatic rings. The second-order valence-corrected chi connectivity index (χ2v) is 6.93. The largest absolute Gasteiger partial charge is 0.508 e. The highest BCUT2D eigenvalue weighted by molar-refractivity contribution is 7.09. The fraction of sp³-hybridized carbons (Fsp3) is 0.389. The summed E-state index contributed by atoms with van der Waals surface area (Å²) in [6.45, 7) is 4.59. The first kappa shape index (κ1) is 16.0. The van der Waals surface area contributed by atoms with E-state index >= 15 is 0 Å². The van der Waals surface area contributed by atoms with Crippen LogP contribution < -0.4 is 0 Å². The average molecular weight is 330 g/mol. The summed E-state index contributed by atoms with van der Waals surface area (Å²) in [5.41, 5.74) is 0.952. The number of nitrogens with zero attached hydrogens (tertiary/aromatic N) is 2. The zero-order valence-electron chi connectivity index (χ0n) is 13.1. The van der Waals surface area contributed by atoms with Gasteiger partial charge in [0.05, 0.1) is 6.42 Å². The molecular weight excluding hydrogens is 308 g/mol. The number of hydrogen-bond acceptors (Lipinski definition) is 4. The molecule has 0 spiro atoms. The van der Waals surface area contributed by atoms with E-state index in [1.54, 1.807) is 12.1 Å². The van der Waals surface area contributed by atoms with Gasteiger partial charge in [-0.2, -0.15) is 0 Å². The number of benzene rings is 1. The second kappa shape index (κ2) is 7.62. The van der Waals surface area contributed by atoms with Crippen LogP contribution in [-0.4, -0.2) is 53.5 Å². The van der Waals surface area contributed by atoms with Crippen molar-refractivity contribution in [3.05, 3.63) is 52.2 Å². The first-order chi connectivity index (χ1) is 11.2. The minimum absolute atomic E-state index is 0.175. The highest BCUT2D eigenvalue weighted by Crippen LogP contribution is 2.13. The summed E-state index contributed by atoms with van der Waals surface area (Å²) in [6.07, 6.45) is 1.51. The summed E-state index contributed by atoms with van der Waals surface area (Å²) >= 11 is 1.81. The van der Waals surface area contributed by atoms with E-state index in [9.17, 15) is 9.90 Å². The van der Waals surface area contributed by atoms with Gasteiger partial charge in [0.1, 0.15) is 5.75 Å². The molecule has 0 aliphatic carbocycles. The van der Waals surface area contributed by atoms with Crippen LogP contribution in [0.3, 0.4) is 0 Å². The van der Waals surface area contributed by atoms with Crippen LogP contribution in [-0.2, 0) is 17.6 Å². The number of carbonyl (C=O) groups excluding carboxylic acids is 1. The molecule has 1 aromatic heterocycles. The van der Waals surface area contributed by atoms with Gasteiger partial charge in [-0.25, -0.2) is 0 Å². The number of piperazine rings is 1. The van der Waals surface area contributed by atoms with Crippen molar-refractivity contribution in [2.24, 2.45) is 0 Å². The number of phenolic OH excluding ortho intramolecular Hbond substituents is 1. The quantitative estimate of drug-likeness (QED) is 0.915. The number of amides is 1. The molecule has 0 unspecified atom stereocenters. The number of carbonyl (C=O) groups is 1. The summed E-state index contributed by atoms with van der Waals surface area (Å²) < 4.78 is 0. The Kier molecular flexibility index (Phi) is 5.31. The predicted octanol–water partition coefficient (Wildman–Crippen LogP) is 2.38. The summed E-state index contributed by atoms with van der Waals surface area (Å²) in [4.78, 5) is 18.2. The van der Waals surface area contributed by atoms with E-state index in [4.69, 9.17) is 0 Å². The molecule has 1 aliphatic rings. The van der Waals surface area contributed by atoms with E-state index in [1.165, 1.54) is 4.88 Å². The molecule has 1 N–H and O–H groups in total. The average Bonchev–Trinajstić information content (AvgIpc) is 3.09. The highest BCUT2D eigenvalue weighted by Gasteiger charge is 2.20. The predicted molar refractivity (Wildman–Crippen MR) is 92.9 cm³/mol. The maximum Gasteiger partial charge on any atom is 0.227 e. The zero-order chi connectivity index (χ0) is 16.1. The van der Waals surface area contributed by atoms with Gasteiger partial charge in [0.15, 0.2) is 0 Å². The van der Waals surface area contributed by atoms with Crippen molar-refractivity contribution < 1.29 is 9.90 Å². The van der Waals surface area contributed by atoms with E-state index in [0.29, 0.717) is 6.42 Å². The van der Waals surface area contributed by atoms with Crippen molar-refractivity contribution in [1.82, 2.24) is 9.80 Å². The third-order valence-electron chi connectivity index (χ3n) is 4.27. The lowest BCUT2D eigenvalue weighted by atomic mass is 10.1. The zero-order valence-corrected chi connectivity index (χ0v) is 14.0. The Morgan fingerprint density at radius 3 is 2.48 bits per heavy atom. The number of thiophene rings is 1. The molecule has 2 heterocycles. The molecule has 1 aromatic carbocycles. The van der Waals surface area contributed by atoms with E-state index in [0.717, 1.165) is 44.7 Å². The van der Waals surface area contributed by atoms with E-state index in [1.807, 2.05) is 28.4 Å². The van der Waals surface area contributed by atoms with Crippen molar-refractivity contribution >= 4 is 17.2 Å². The van der Waals surface area contributed by atoms with E-state index in [-0.39, 0.29) is 11.7 Å². The molecule has 1 fully saturated rings. The molecule has 0 bridgehead atoms. The smallest absolute Gasteiger partial charge is 0.227 e. The lowest BCUT2D eigenvalue weighted by molar-refractivity contribution is -0.132.